The van der Waals surface area contributed by atoms with Crippen molar-refractivity contribution in [1.29, 1.82) is 0 Å². The van der Waals surface area contributed by atoms with Crippen LogP contribution in [0.4, 0.5) is 18.3 Å². The minimum absolute atomic E-state index is 0.0476. The molecule has 7 aromatic rings. The lowest BCUT2D eigenvalue weighted by molar-refractivity contribution is -0.719. The quantitative estimate of drug-likeness (QED) is 0.0175. The van der Waals surface area contributed by atoms with Gasteiger partial charge in [-0.15, -0.1) is 34.9 Å². The van der Waals surface area contributed by atoms with Gasteiger partial charge in [-0.25, -0.2) is 9.78 Å². The molecular weight excluding hydrogens is 954 g/mol. The van der Waals surface area contributed by atoms with E-state index in [1.165, 1.54) is 59.3 Å². The Morgan fingerprint density at radius 1 is 0.814 bits per heavy atom. The third-order valence-corrected chi connectivity index (χ3v) is 14.8. The second kappa shape index (κ2) is 21.2. The van der Waals surface area contributed by atoms with Crippen LogP contribution in [0.3, 0.4) is 0 Å². The third-order valence-electron chi connectivity index (χ3n) is 11.7. The zero-order chi connectivity index (χ0) is 48.7. The molecule has 5 aromatic carbocycles. The summed E-state index contributed by atoms with van der Waals surface area (Å²) in [6.07, 6.45) is -2.51. The maximum atomic E-state index is 14.6. The summed E-state index contributed by atoms with van der Waals surface area (Å²) in [6, 6.07) is 50.6. The molecule has 0 spiro atoms. The molecule has 0 radical (unpaired) electrons. The Kier molecular flexibility index (Phi) is 14.5. The summed E-state index contributed by atoms with van der Waals surface area (Å²) in [4.78, 5) is 55.4. The predicted octanol–water partition coefficient (Wildman–Crippen LogP) is 9.53. The molecule has 354 valence electrons. The predicted molar refractivity (Wildman–Crippen MR) is 265 cm³/mol. The molecule has 2 atom stereocenters. The highest BCUT2D eigenvalue weighted by atomic mass is 32.2. The van der Waals surface area contributed by atoms with Crippen molar-refractivity contribution in [3.8, 4) is 0 Å². The minimum atomic E-state index is -4.38. The van der Waals surface area contributed by atoms with E-state index in [2.05, 4.69) is 15.8 Å². The number of halogens is 3. The SMILES string of the molecule is CO/N=C(/C(=O)N[C@@H]1C(=O)N2C(C(=O)OC(c3ccccc3)c3ccccc3)=C(CSc3cc[n+](CC(F)(F)F)cc3)CS[C@H]12)c1csc(NC(c2ccccc2)(c2ccccc2)c2ccccc2)n1. The number of fused-ring (bicyclic) bond motifs is 1. The molecule has 11 nitrogen and oxygen atoms in total. The molecule has 0 saturated carbocycles. The number of alkyl halides is 3. The summed E-state index contributed by atoms with van der Waals surface area (Å²) in [5, 5.41) is 12.1. The van der Waals surface area contributed by atoms with Crippen molar-refractivity contribution in [2.24, 2.45) is 5.16 Å². The van der Waals surface area contributed by atoms with Gasteiger partial charge in [-0.2, -0.15) is 17.7 Å². The monoisotopic (exact) mass is 997 g/mol. The van der Waals surface area contributed by atoms with Gasteiger partial charge in [0.05, 0.1) is 0 Å². The molecule has 0 aliphatic carbocycles. The highest BCUT2D eigenvalue weighted by molar-refractivity contribution is 8.01. The van der Waals surface area contributed by atoms with Crippen molar-refractivity contribution >= 4 is 63.5 Å². The van der Waals surface area contributed by atoms with Crippen LogP contribution in [0.1, 0.15) is 39.6 Å². The average molecular weight is 998 g/mol. The third kappa shape index (κ3) is 10.4. The van der Waals surface area contributed by atoms with Crippen molar-refractivity contribution in [3.05, 3.63) is 226 Å². The number of amides is 2. The number of anilines is 1. The van der Waals surface area contributed by atoms with Crippen LogP contribution in [-0.4, -0.2) is 69.6 Å². The van der Waals surface area contributed by atoms with E-state index in [-0.39, 0.29) is 28.6 Å². The molecule has 1 fully saturated rings. The fraction of sp³-hybridized carbons (Fsp3) is 0.170. The fourth-order valence-corrected chi connectivity index (χ4v) is 11.6. The van der Waals surface area contributed by atoms with E-state index in [1.807, 2.05) is 152 Å². The lowest BCUT2D eigenvalue weighted by Gasteiger charge is -2.49. The minimum Gasteiger partial charge on any atom is -0.448 e. The van der Waals surface area contributed by atoms with Crippen LogP contribution in [0.25, 0.3) is 0 Å². The molecule has 2 aliphatic heterocycles. The number of rotatable bonds is 17. The number of hydrogen-bond donors (Lipinski definition) is 2. The normalized spacial score (nSPS) is 16.0. The molecule has 9 rings (SSSR count). The van der Waals surface area contributed by atoms with Crippen LogP contribution in [0, 0.1) is 0 Å². The van der Waals surface area contributed by atoms with Gasteiger partial charge in [-0.3, -0.25) is 14.5 Å². The Bertz CT molecular complexity index is 2870. The van der Waals surface area contributed by atoms with Crippen molar-refractivity contribution in [2.45, 2.75) is 40.7 Å². The largest absolute Gasteiger partial charge is 0.448 e. The molecule has 17 heteroatoms. The number of aromatic nitrogens is 2. The fourth-order valence-electron chi connectivity index (χ4n) is 8.44. The standard InChI is InChI=1S/C53H43F3N6O5S3/c1-66-60-43(42-33-70-51(57-42)59-53(38-21-11-4-12-22-38,39-23-13-5-14-24-39)40-25-15-6-16-26-40)47(63)58-44-48(64)62-45(50(65)67-46(35-17-7-2-8-18-35)36-19-9-3-10-20-36)37(32-69-49(44)62)31-68-41-27-29-61(30-28-41)34-52(54,55)56/h2-30,33,44,46,49H,31-32,34H2,1H3,(H-,57,58,59,63)/p+1/b60-43+/t44-,49-/m1/s1. The summed E-state index contributed by atoms with van der Waals surface area (Å²) >= 11 is 3.95. The van der Waals surface area contributed by atoms with Crippen LogP contribution >= 0.6 is 34.9 Å². The van der Waals surface area contributed by atoms with Crippen LogP contribution < -0.4 is 15.2 Å². The van der Waals surface area contributed by atoms with E-state index in [9.17, 15) is 27.6 Å². The molecule has 70 heavy (non-hydrogen) atoms. The first-order chi connectivity index (χ1) is 34.0. The second-order valence-electron chi connectivity index (χ2n) is 16.2. The number of nitrogens with zero attached hydrogens (tertiary/aromatic N) is 4. The number of nitrogens with one attached hydrogen (secondary N) is 2. The average Bonchev–Trinajstić information content (AvgIpc) is 3.86. The molecule has 2 aromatic heterocycles. The van der Waals surface area contributed by atoms with Gasteiger partial charge in [0, 0.05) is 33.9 Å². The maximum Gasteiger partial charge on any atom is 0.448 e. The number of β-lactam (4-membered cyclic amide) rings is 1. The molecule has 2 N–H and O–H groups in total. The second-order valence-corrected chi connectivity index (χ2v) is 19.2. The zero-order valence-corrected chi connectivity index (χ0v) is 39.8. The van der Waals surface area contributed by atoms with Gasteiger partial charge in [-0.05, 0) is 33.4 Å². The molecule has 2 amide bonds. The first kappa shape index (κ1) is 47.8. The number of oxime groups is 1. The van der Waals surface area contributed by atoms with Crippen LogP contribution in [-0.2, 0) is 36.0 Å². The Labute approximate surface area is 414 Å². The number of thioether (sulfide) groups is 2. The molecule has 0 unspecified atom stereocenters. The lowest BCUT2D eigenvalue weighted by atomic mass is 9.77. The molecular formula is C53H44F3N6O5S3+. The maximum absolute atomic E-state index is 14.6. The zero-order valence-electron chi connectivity index (χ0n) is 37.4. The summed E-state index contributed by atoms with van der Waals surface area (Å²) in [6.45, 7) is -1.13. The van der Waals surface area contributed by atoms with Gasteiger partial charge in [0.15, 0.2) is 29.3 Å². The van der Waals surface area contributed by atoms with Crippen LogP contribution in [0.2, 0.25) is 0 Å². The summed E-state index contributed by atoms with van der Waals surface area (Å²) < 4.78 is 46.5. The van der Waals surface area contributed by atoms with Crippen molar-refractivity contribution in [2.75, 3.05) is 23.9 Å². The van der Waals surface area contributed by atoms with E-state index in [0.717, 1.165) is 21.3 Å². The molecule has 0 bridgehead atoms. The number of pyridine rings is 1. The van der Waals surface area contributed by atoms with Gasteiger partial charge in [0.2, 0.25) is 6.54 Å². The van der Waals surface area contributed by atoms with E-state index in [0.29, 0.717) is 26.7 Å². The summed E-state index contributed by atoms with van der Waals surface area (Å²) in [7, 11) is 1.31. The van der Waals surface area contributed by atoms with E-state index < -0.39 is 53.6 Å². The Balaban J connectivity index is 0.979. The van der Waals surface area contributed by atoms with Crippen molar-refractivity contribution in [1.82, 2.24) is 15.2 Å². The van der Waals surface area contributed by atoms with Crippen LogP contribution in [0.15, 0.2) is 203 Å². The summed E-state index contributed by atoms with van der Waals surface area (Å²) in [5.41, 5.74) is 4.08. The Morgan fingerprint density at radius 2 is 1.34 bits per heavy atom. The number of ether oxygens (including phenoxy) is 1. The van der Waals surface area contributed by atoms with Crippen molar-refractivity contribution < 1.29 is 41.7 Å². The van der Waals surface area contributed by atoms with Crippen LogP contribution in [0.5, 0.6) is 0 Å². The Hall–Kier alpha value is -7.21. The van der Waals surface area contributed by atoms with E-state index >= 15 is 0 Å². The van der Waals surface area contributed by atoms with E-state index in [4.69, 9.17) is 14.6 Å². The number of hydrogen-bond acceptors (Lipinski definition) is 11. The van der Waals surface area contributed by atoms with Crippen molar-refractivity contribution in [3.63, 3.8) is 0 Å². The number of thiazole rings is 1. The summed E-state index contributed by atoms with van der Waals surface area (Å²) in [5.74, 6) is -1.49. The van der Waals surface area contributed by atoms with Gasteiger partial charge < -0.3 is 20.2 Å². The topological polar surface area (TPSA) is 126 Å². The highest BCUT2D eigenvalue weighted by Gasteiger charge is 2.55. The first-order valence-corrected chi connectivity index (χ1v) is 24.9. The highest BCUT2D eigenvalue weighted by Crippen LogP contribution is 2.44. The first-order valence-electron chi connectivity index (χ1n) is 22.0. The number of carbonyl (C=O) groups is 3. The number of benzene rings is 5. The molecule has 2 aliphatic rings. The number of esters is 1. The van der Waals surface area contributed by atoms with Gasteiger partial charge in [0.1, 0.15) is 35.5 Å². The lowest BCUT2D eigenvalue weighted by Crippen LogP contribution is -2.71. The molecule has 4 heterocycles. The smallest absolute Gasteiger partial charge is 0.448 e. The Morgan fingerprint density at radius 3 is 1.86 bits per heavy atom. The van der Waals surface area contributed by atoms with Gasteiger partial charge >= 0.3 is 12.1 Å². The molecule has 1 saturated heterocycles. The van der Waals surface area contributed by atoms with Gasteiger partial charge in [0.25, 0.3) is 11.8 Å². The van der Waals surface area contributed by atoms with Gasteiger partial charge in [-0.1, -0.05) is 157 Å². The number of carbonyl (C=O) groups excluding carboxylic acids is 3. The van der Waals surface area contributed by atoms with E-state index in [1.54, 1.807) is 17.5 Å².